The molecule has 1 N–H and O–H groups in total. The molecule has 0 amide bonds. The number of para-hydroxylation sites is 1. The minimum atomic E-state index is 0.462. The van der Waals surface area contributed by atoms with Gasteiger partial charge >= 0.3 is 0 Å². The maximum atomic E-state index is 11.0. The van der Waals surface area contributed by atoms with Gasteiger partial charge in [0, 0.05) is 36.4 Å². The van der Waals surface area contributed by atoms with E-state index in [1.165, 1.54) is 0 Å². The van der Waals surface area contributed by atoms with Gasteiger partial charge in [0.05, 0.1) is 0 Å². The van der Waals surface area contributed by atoms with Crippen molar-refractivity contribution in [3.63, 3.8) is 0 Å². The summed E-state index contributed by atoms with van der Waals surface area (Å²) in [4.78, 5) is 13.3. The van der Waals surface area contributed by atoms with Gasteiger partial charge in [-0.05, 0) is 26.0 Å². The number of hydrogen-bond acceptors (Lipinski definition) is 3. The Balaban J connectivity index is 2.25. The maximum Gasteiger partial charge on any atom is 0.152 e. The van der Waals surface area contributed by atoms with Crippen LogP contribution < -0.4 is 10.2 Å². The lowest BCUT2D eigenvalue weighted by Gasteiger charge is -2.38. The summed E-state index contributed by atoms with van der Waals surface area (Å²) in [6.07, 6.45) is 0.937. The summed E-state index contributed by atoms with van der Waals surface area (Å²) >= 11 is 0. The Morgan fingerprint density at radius 2 is 1.88 bits per heavy atom. The standard InChI is InChI=1S/C13H18N2O/c1-10-7-15(8-11(2)14-10)13-6-4-3-5-12(13)9-16/h3-6,9-11,14H,7-8H2,1-2H3/t10-,11-/m1/s1. The molecule has 1 aliphatic rings. The van der Waals surface area contributed by atoms with Crippen LogP contribution in [0.2, 0.25) is 0 Å². The van der Waals surface area contributed by atoms with Crippen molar-refractivity contribution >= 4 is 12.0 Å². The van der Waals surface area contributed by atoms with Crippen LogP contribution in [-0.4, -0.2) is 31.5 Å². The van der Waals surface area contributed by atoms with E-state index in [0.717, 1.165) is 30.6 Å². The Kier molecular flexibility index (Phi) is 3.25. The average molecular weight is 218 g/mol. The van der Waals surface area contributed by atoms with Crippen molar-refractivity contribution in [3.05, 3.63) is 29.8 Å². The van der Waals surface area contributed by atoms with Crippen LogP contribution in [0.15, 0.2) is 24.3 Å². The molecule has 0 unspecified atom stereocenters. The van der Waals surface area contributed by atoms with E-state index in [4.69, 9.17) is 0 Å². The highest BCUT2D eigenvalue weighted by atomic mass is 16.1. The Bertz CT molecular complexity index is 368. The van der Waals surface area contributed by atoms with Crippen LogP contribution in [-0.2, 0) is 0 Å². The van der Waals surface area contributed by atoms with Gasteiger partial charge in [-0.1, -0.05) is 12.1 Å². The van der Waals surface area contributed by atoms with Crippen LogP contribution in [0.1, 0.15) is 24.2 Å². The predicted molar refractivity (Wildman–Crippen MR) is 66.1 cm³/mol. The first kappa shape index (κ1) is 11.1. The van der Waals surface area contributed by atoms with Crippen LogP contribution in [0.4, 0.5) is 5.69 Å². The number of nitrogens with one attached hydrogen (secondary N) is 1. The largest absolute Gasteiger partial charge is 0.368 e. The molecule has 1 fully saturated rings. The maximum absolute atomic E-state index is 11.0. The summed E-state index contributed by atoms with van der Waals surface area (Å²) in [5.41, 5.74) is 1.83. The second kappa shape index (κ2) is 4.66. The predicted octanol–water partition coefficient (Wildman–Crippen LogP) is 1.69. The summed E-state index contributed by atoms with van der Waals surface area (Å²) in [5.74, 6) is 0. The second-order valence-electron chi connectivity index (χ2n) is 4.55. The van der Waals surface area contributed by atoms with Gasteiger partial charge in [-0.3, -0.25) is 4.79 Å². The smallest absolute Gasteiger partial charge is 0.152 e. The normalized spacial score (nSPS) is 25.5. The van der Waals surface area contributed by atoms with Crippen molar-refractivity contribution in [2.75, 3.05) is 18.0 Å². The molecule has 0 aliphatic carbocycles. The lowest BCUT2D eigenvalue weighted by atomic mass is 10.1. The molecule has 2 rings (SSSR count). The van der Waals surface area contributed by atoms with Crippen LogP contribution >= 0.6 is 0 Å². The molecular weight excluding hydrogens is 200 g/mol. The van der Waals surface area contributed by atoms with Gasteiger partial charge in [0.1, 0.15) is 0 Å². The molecule has 16 heavy (non-hydrogen) atoms. The Morgan fingerprint density at radius 3 is 2.50 bits per heavy atom. The molecular formula is C13H18N2O. The van der Waals surface area contributed by atoms with Crippen LogP contribution in [0.3, 0.4) is 0 Å². The number of aldehydes is 1. The van der Waals surface area contributed by atoms with Crippen molar-refractivity contribution in [1.82, 2.24) is 5.32 Å². The summed E-state index contributed by atoms with van der Waals surface area (Å²) in [7, 11) is 0. The third-order valence-electron chi connectivity index (χ3n) is 2.96. The lowest BCUT2D eigenvalue weighted by molar-refractivity contribution is 0.112. The average Bonchev–Trinajstić information content (AvgIpc) is 2.27. The van der Waals surface area contributed by atoms with E-state index in [1.54, 1.807) is 0 Å². The molecule has 3 nitrogen and oxygen atoms in total. The SMILES string of the molecule is C[C@@H]1CN(c2ccccc2C=O)C[C@@H](C)N1. The molecule has 1 saturated heterocycles. The molecule has 1 aromatic carbocycles. The zero-order valence-electron chi connectivity index (χ0n) is 9.81. The molecule has 0 radical (unpaired) electrons. The van der Waals surface area contributed by atoms with Crippen LogP contribution in [0, 0.1) is 0 Å². The fraction of sp³-hybridized carbons (Fsp3) is 0.462. The minimum absolute atomic E-state index is 0.462. The number of hydrogen-bond donors (Lipinski definition) is 1. The highest BCUT2D eigenvalue weighted by molar-refractivity contribution is 5.84. The van der Waals surface area contributed by atoms with Gasteiger partial charge in [0.25, 0.3) is 0 Å². The number of anilines is 1. The zero-order valence-corrected chi connectivity index (χ0v) is 9.81. The highest BCUT2D eigenvalue weighted by Crippen LogP contribution is 2.21. The van der Waals surface area contributed by atoms with E-state index in [2.05, 4.69) is 24.1 Å². The third kappa shape index (κ3) is 2.25. The third-order valence-corrected chi connectivity index (χ3v) is 2.96. The first-order valence-electron chi connectivity index (χ1n) is 5.76. The van der Waals surface area contributed by atoms with E-state index in [0.29, 0.717) is 12.1 Å². The monoisotopic (exact) mass is 218 g/mol. The molecule has 86 valence electrons. The number of nitrogens with zero attached hydrogens (tertiary/aromatic N) is 1. The summed E-state index contributed by atoms with van der Waals surface area (Å²) in [6.45, 7) is 6.25. The molecule has 1 aromatic rings. The van der Waals surface area contributed by atoms with Crippen LogP contribution in [0.5, 0.6) is 0 Å². The lowest BCUT2D eigenvalue weighted by Crippen LogP contribution is -2.54. The Morgan fingerprint density at radius 1 is 1.25 bits per heavy atom. The van der Waals surface area contributed by atoms with E-state index < -0.39 is 0 Å². The topological polar surface area (TPSA) is 32.3 Å². The number of carbonyl (C=O) groups is 1. The highest BCUT2D eigenvalue weighted by Gasteiger charge is 2.22. The molecule has 0 aromatic heterocycles. The van der Waals surface area contributed by atoms with Crippen molar-refractivity contribution in [2.45, 2.75) is 25.9 Å². The minimum Gasteiger partial charge on any atom is -0.368 e. The first-order valence-corrected chi connectivity index (χ1v) is 5.76. The van der Waals surface area contributed by atoms with Crippen molar-refractivity contribution in [3.8, 4) is 0 Å². The fourth-order valence-corrected chi connectivity index (χ4v) is 2.40. The fourth-order valence-electron chi connectivity index (χ4n) is 2.40. The Hall–Kier alpha value is -1.35. The van der Waals surface area contributed by atoms with Gasteiger partial charge in [-0.2, -0.15) is 0 Å². The molecule has 1 heterocycles. The quantitative estimate of drug-likeness (QED) is 0.767. The second-order valence-corrected chi connectivity index (χ2v) is 4.55. The van der Waals surface area contributed by atoms with E-state index in [9.17, 15) is 4.79 Å². The summed E-state index contributed by atoms with van der Waals surface area (Å²) < 4.78 is 0. The van der Waals surface area contributed by atoms with Gasteiger partial charge in [-0.25, -0.2) is 0 Å². The Labute approximate surface area is 96.5 Å². The molecule has 2 atom stereocenters. The molecule has 3 heteroatoms. The number of carbonyl (C=O) groups excluding carboxylic acids is 1. The molecule has 0 spiro atoms. The molecule has 0 saturated carbocycles. The van der Waals surface area contributed by atoms with Gasteiger partial charge in [-0.15, -0.1) is 0 Å². The van der Waals surface area contributed by atoms with E-state index >= 15 is 0 Å². The molecule has 0 bridgehead atoms. The van der Waals surface area contributed by atoms with Gasteiger partial charge < -0.3 is 10.2 Å². The van der Waals surface area contributed by atoms with Gasteiger partial charge in [0.15, 0.2) is 6.29 Å². The van der Waals surface area contributed by atoms with E-state index in [-0.39, 0.29) is 0 Å². The number of piperazine rings is 1. The van der Waals surface area contributed by atoms with Crippen molar-refractivity contribution in [2.24, 2.45) is 0 Å². The summed E-state index contributed by atoms with van der Waals surface area (Å²) in [6, 6.07) is 8.71. The summed E-state index contributed by atoms with van der Waals surface area (Å²) in [5, 5.41) is 3.49. The zero-order chi connectivity index (χ0) is 11.5. The number of rotatable bonds is 2. The van der Waals surface area contributed by atoms with Gasteiger partial charge in [0.2, 0.25) is 0 Å². The first-order chi connectivity index (χ1) is 7.70. The van der Waals surface area contributed by atoms with Crippen molar-refractivity contribution < 1.29 is 4.79 Å². The number of benzene rings is 1. The van der Waals surface area contributed by atoms with E-state index in [1.807, 2.05) is 24.3 Å². The van der Waals surface area contributed by atoms with Crippen molar-refractivity contribution in [1.29, 1.82) is 0 Å². The van der Waals surface area contributed by atoms with Crippen LogP contribution in [0.25, 0.3) is 0 Å². The molecule has 1 aliphatic heterocycles.